The molecule has 1 aromatic heterocycles. The van der Waals surface area contributed by atoms with Crippen molar-refractivity contribution < 1.29 is 4.39 Å². The predicted octanol–water partition coefficient (Wildman–Crippen LogP) is 3.65. The molecule has 2 nitrogen and oxygen atoms in total. The highest BCUT2D eigenvalue weighted by atomic mass is 19.1. The summed E-state index contributed by atoms with van der Waals surface area (Å²) in [6.45, 7) is 6.28. The van der Waals surface area contributed by atoms with Crippen molar-refractivity contribution in [2.75, 3.05) is 0 Å². The highest BCUT2D eigenvalue weighted by Gasteiger charge is 2.12. The Labute approximate surface area is 94.5 Å². The van der Waals surface area contributed by atoms with Crippen LogP contribution in [0, 0.1) is 12.7 Å². The second-order valence-corrected chi connectivity index (χ2v) is 4.27. The van der Waals surface area contributed by atoms with E-state index in [4.69, 9.17) is 0 Å². The summed E-state index contributed by atoms with van der Waals surface area (Å²) in [5.41, 5.74) is 4.13. The SMILES string of the molecule is Cc1c(-c2ccc(F)cc2)n[nH]c1C(C)C. The molecule has 0 spiro atoms. The largest absolute Gasteiger partial charge is 0.281 e. The fourth-order valence-corrected chi connectivity index (χ4v) is 1.86. The molecule has 1 N–H and O–H groups in total. The van der Waals surface area contributed by atoms with Crippen molar-refractivity contribution in [3.63, 3.8) is 0 Å². The quantitative estimate of drug-likeness (QED) is 0.819. The normalized spacial score (nSPS) is 11.1. The molecule has 0 unspecified atom stereocenters. The maximum atomic E-state index is 12.8. The maximum Gasteiger partial charge on any atom is 0.123 e. The van der Waals surface area contributed by atoms with Crippen LogP contribution in [0.4, 0.5) is 4.39 Å². The van der Waals surface area contributed by atoms with Gasteiger partial charge in [0.2, 0.25) is 0 Å². The topological polar surface area (TPSA) is 28.7 Å². The molecule has 0 atom stereocenters. The Morgan fingerprint density at radius 2 is 1.81 bits per heavy atom. The molecular weight excluding hydrogens is 203 g/mol. The Morgan fingerprint density at radius 1 is 1.19 bits per heavy atom. The van der Waals surface area contributed by atoms with Crippen LogP contribution in [0.15, 0.2) is 24.3 Å². The zero-order chi connectivity index (χ0) is 11.7. The minimum atomic E-state index is -0.221. The van der Waals surface area contributed by atoms with Crippen molar-refractivity contribution >= 4 is 0 Å². The summed E-state index contributed by atoms with van der Waals surface area (Å²) >= 11 is 0. The average Bonchev–Trinajstić information content (AvgIpc) is 2.61. The number of aromatic amines is 1. The molecule has 0 amide bonds. The lowest BCUT2D eigenvalue weighted by atomic mass is 10.0. The van der Waals surface area contributed by atoms with E-state index in [9.17, 15) is 4.39 Å². The van der Waals surface area contributed by atoms with Gasteiger partial charge in [-0.25, -0.2) is 4.39 Å². The van der Waals surface area contributed by atoms with Crippen molar-refractivity contribution in [1.29, 1.82) is 0 Å². The molecule has 2 rings (SSSR count). The molecule has 16 heavy (non-hydrogen) atoms. The van der Waals surface area contributed by atoms with Gasteiger partial charge in [-0.05, 0) is 42.7 Å². The van der Waals surface area contributed by atoms with Crippen LogP contribution in [0.25, 0.3) is 11.3 Å². The monoisotopic (exact) mass is 218 g/mol. The van der Waals surface area contributed by atoms with Gasteiger partial charge in [-0.2, -0.15) is 5.10 Å². The van der Waals surface area contributed by atoms with Crippen LogP contribution in [0.5, 0.6) is 0 Å². The molecular formula is C13H15FN2. The second-order valence-electron chi connectivity index (χ2n) is 4.27. The van der Waals surface area contributed by atoms with E-state index in [1.807, 2.05) is 6.92 Å². The summed E-state index contributed by atoms with van der Waals surface area (Å²) in [6, 6.07) is 6.42. The van der Waals surface area contributed by atoms with Gasteiger partial charge < -0.3 is 0 Å². The number of aromatic nitrogens is 2. The Kier molecular flexibility index (Phi) is 2.77. The van der Waals surface area contributed by atoms with E-state index in [1.165, 1.54) is 12.1 Å². The smallest absolute Gasteiger partial charge is 0.123 e. The maximum absolute atomic E-state index is 12.8. The van der Waals surface area contributed by atoms with Gasteiger partial charge in [0.05, 0.1) is 5.69 Å². The number of H-pyrrole nitrogens is 1. The van der Waals surface area contributed by atoms with Crippen LogP contribution in [0.3, 0.4) is 0 Å². The third-order valence-corrected chi connectivity index (χ3v) is 2.74. The number of rotatable bonds is 2. The molecule has 2 aromatic rings. The number of nitrogens with one attached hydrogen (secondary N) is 1. The van der Waals surface area contributed by atoms with Gasteiger partial charge in [0.1, 0.15) is 5.82 Å². The number of benzene rings is 1. The molecule has 3 heteroatoms. The average molecular weight is 218 g/mol. The van der Waals surface area contributed by atoms with E-state index in [0.29, 0.717) is 5.92 Å². The van der Waals surface area contributed by atoms with E-state index in [2.05, 4.69) is 24.0 Å². The lowest BCUT2D eigenvalue weighted by Gasteiger charge is -2.03. The molecule has 0 aliphatic rings. The van der Waals surface area contributed by atoms with Gasteiger partial charge >= 0.3 is 0 Å². The third-order valence-electron chi connectivity index (χ3n) is 2.74. The first-order valence-electron chi connectivity index (χ1n) is 5.40. The van der Waals surface area contributed by atoms with Crippen molar-refractivity contribution in [1.82, 2.24) is 10.2 Å². The van der Waals surface area contributed by atoms with Gasteiger partial charge in [0.15, 0.2) is 0 Å². The number of nitrogens with zero attached hydrogens (tertiary/aromatic N) is 1. The standard InChI is InChI=1S/C13H15FN2/c1-8(2)12-9(3)13(16-15-12)10-4-6-11(14)7-5-10/h4-8H,1-3H3,(H,15,16). The molecule has 0 saturated heterocycles. The van der Waals surface area contributed by atoms with Crippen LogP contribution in [-0.4, -0.2) is 10.2 Å². The Hall–Kier alpha value is -1.64. The first-order chi connectivity index (χ1) is 7.59. The van der Waals surface area contributed by atoms with Crippen LogP contribution in [0.2, 0.25) is 0 Å². The molecule has 0 aliphatic heterocycles. The summed E-state index contributed by atoms with van der Waals surface area (Å²) in [4.78, 5) is 0. The van der Waals surface area contributed by atoms with E-state index in [-0.39, 0.29) is 5.82 Å². The van der Waals surface area contributed by atoms with E-state index >= 15 is 0 Å². The predicted molar refractivity (Wildman–Crippen MR) is 62.8 cm³/mol. The molecule has 1 heterocycles. The highest BCUT2D eigenvalue weighted by Crippen LogP contribution is 2.26. The second kappa shape index (κ2) is 4.08. The molecule has 0 saturated carbocycles. The minimum Gasteiger partial charge on any atom is -0.281 e. The van der Waals surface area contributed by atoms with Crippen molar-refractivity contribution in [2.24, 2.45) is 0 Å². The zero-order valence-corrected chi connectivity index (χ0v) is 9.71. The number of hydrogen-bond acceptors (Lipinski definition) is 1. The first-order valence-corrected chi connectivity index (χ1v) is 5.40. The highest BCUT2D eigenvalue weighted by molar-refractivity contribution is 5.63. The lowest BCUT2D eigenvalue weighted by molar-refractivity contribution is 0.628. The first kappa shape index (κ1) is 10.9. The summed E-state index contributed by atoms with van der Waals surface area (Å²) < 4.78 is 12.8. The molecule has 1 aromatic carbocycles. The Morgan fingerprint density at radius 3 is 2.31 bits per heavy atom. The Bertz CT molecular complexity index is 483. The van der Waals surface area contributed by atoms with Crippen molar-refractivity contribution in [3.05, 3.63) is 41.3 Å². The van der Waals surface area contributed by atoms with E-state index in [0.717, 1.165) is 22.5 Å². The van der Waals surface area contributed by atoms with Gasteiger partial charge in [-0.3, -0.25) is 5.10 Å². The van der Waals surface area contributed by atoms with Crippen molar-refractivity contribution in [3.8, 4) is 11.3 Å². The van der Waals surface area contributed by atoms with Crippen molar-refractivity contribution in [2.45, 2.75) is 26.7 Å². The molecule has 84 valence electrons. The number of halogens is 1. The zero-order valence-electron chi connectivity index (χ0n) is 9.71. The summed E-state index contributed by atoms with van der Waals surface area (Å²) in [5.74, 6) is 0.197. The minimum absolute atomic E-state index is 0.221. The van der Waals surface area contributed by atoms with Gasteiger partial charge in [0.25, 0.3) is 0 Å². The van der Waals surface area contributed by atoms with Gasteiger partial charge in [-0.15, -0.1) is 0 Å². The summed E-state index contributed by atoms with van der Waals surface area (Å²) in [7, 11) is 0. The molecule has 0 aliphatic carbocycles. The van der Waals surface area contributed by atoms with E-state index in [1.54, 1.807) is 12.1 Å². The fraction of sp³-hybridized carbons (Fsp3) is 0.308. The van der Waals surface area contributed by atoms with Crippen LogP contribution in [-0.2, 0) is 0 Å². The molecule has 0 fully saturated rings. The molecule has 0 bridgehead atoms. The van der Waals surface area contributed by atoms with Gasteiger partial charge in [-0.1, -0.05) is 13.8 Å². The molecule has 0 radical (unpaired) electrons. The van der Waals surface area contributed by atoms with Crippen LogP contribution < -0.4 is 0 Å². The summed E-state index contributed by atoms with van der Waals surface area (Å²) in [6.07, 6.45) is 0. The number of hydrogen-bond donors (Lipinski definition) is 1. The van der Waals surface area contributed by atoms with Gasteiger partial charge in [0, 0.05) is 11.3 Å². The fourth-order valence-electron chi connectivity index (χ4n) is 1.86. The summed E-state index contributed by atoms with van der Waals surface area (Å²) in [5, 5.41) is 7.33. The van der Waals surface area contributed by atoms with Crippen LogP contribution >= 0.6 is 0 Å². The lowest BCUT2D eigenvalue weighted by Crippen LogP contribution is -1.90. The van der Waals surface area contributed by atoms with E-state index < -0.39 is 0 Å². The van der Waals surface area contributed by atoms with Crippen LogP contribution in [0.1, 0.15) is 31.0 Å². The Balaban J connectivity index is 2.45. The third kappa shape index (κ3) is 1.85.